The monoisotopic (exact) mass is 262 g/mol. The number of ether oxygens (including phenoxy) is 1. The van der Waals surface area contributed by atoms with E-state index in [4.69, 9.17) is 10.6 Å². The van der Waals surface area contributed by atoms with E-state index in [1.807, 2.05) is 6.92 Å². The molecule has 0 aliphatic heterocycles. The van der Waals surface area contributed by atoms with E-state index >= 15 is 0 Å². The number of benzene rings is 1. The lowest BCUT2D eigenvalue weighted by Gasteiger charge is -2.09. The largest absolute Gasteiger partial charge is 0.439 e. The number of hydrogen-bond acceptors (Lipinski definition) is 5. The first-order valence-corrected chi connectivity index (χ1v) is 5.91. The van der Waals surface area contributed by atoms with Crippen molar-refractivity contribution in [2.45, 2.75) is 20.3 Å². The zero-order chi connectivity index (χ0) is 13.8. The minimum atomic E-state index is -0.270. The van der Waals surface area contributed by atoms with Crippen molar-refractivity contribution in [1.29, 1.82) is 0 Å². The molecule has 0 aliphatic rings. The Morgan fingerprint density at radius 1 is 1.32 bits per heavy atom. The maximum atomic E-state index is 13.2. The average Bonchev–Trinajstić information content (AvgIpc) is 2.42. The third kappa shape index (κ3) is 3.17. The van der Waals surface area contributed by atoms with Gasteiger partial charge in [0.25, 0.3) is 0 Å². The number of nitrogen functional groups attached to an aromatic ring is 1. The minimum absolute atomic E-state index is 0.270. The summed E-state index contributed by atoms with van der Waals surface area (Å²) in [5.74, 6) is 7.04. The van der Waals surface area contributed by atoms with E-state index in [0.29, 0.717) is 35.3 Å². The lowest BCUT2D eigenvalue weighted by atomic mass is 10.2. The second-order valence-electron chi connectivity index (χ2n) is 4.02. The Bertz CT molecular complexity index is 567. The molecule has 6 heteroatoms. The SMILES string of the molecule is CCc1nc(NN)cc(Oc2ccc(F)c(C)c2)n1. The topological polar surface area (TPSA) is 73.1 Å². The van der Waals surface area contributed by atoms with E-state index in [2.05, 4.69) is 15.4 Å². The highest BCUT2D eigenvalue weighted by molar-refractivity contribution is 5.39. The number of aryl methyl sites for hydroxylation is 2. The maximum absolute atomic E-state index is 13.2. The smallest absolute Gasteiger partial charge is 0.224 e. The van der Waals surface area contributed by atoms with Crippen molar-refractivity contribution in [2.24, 2.45) is 5.84 Å². The Kier molecular flexibility index (Phi) is 3.91. The first-order chi connectivity index (χ1) is 9.12. The Morgan fingerprint density at radius 2 is 2.11 bits per heavy atom. The van der Waals surface area contributed by atoms with Gasteiger partial charge < -0.3 is 10.2 Å². The number of nitrogens with zero attached hydrogens (tertiary/aromatic N) is 2. The van der Waals surface area contributed by atoms with Gasteiger partial charge in [0.05, 0.1) is 0 Å². The summed E-state index contributed by atoms with van der Waals surface area (Å²) < 4.78 is 18.8. The van der Waals surface area contributed by atoms with Crippen molar-refractivity contribution in [3.05, 3.63) is 41.5 Å². The Balaban J connectivity index is 2.29. The van der Waals surface area contributed by atoms with Crippen LogP contribution in [0.15, 0.2) is 24.3 Å². The maximum Gasteiger partial charge on any atom is 0.224 e. The molecule has 1 aromatic carbocycles. The zero-order valence-corrected chi connectivity index (χ0v) is 10.8. The van der Waals surface area contributed by atoms with Gasteiger partial charge in [0.2, 0.25) is 5.88 Å². The van der Waals surface area contributed by atoms with Crippen molar-refractivity contribution < 1.29 is 9.13 Å². The third-order valence-corrected chi connectivity index (χ3v) is 2.56. The van der Waals surface area contributed by atoms with Crippen LogP contribution < -0.4 is 16.0 Å². The molecule has 0 atom stereocenters. The fraction of sp³-hybridized carbons (Fsp3) is 0.231. The van der Waals surface area contributed by atoms with Crippen molar-refractivity contribution in [1.82, 2.24) is 9.97 Å². The van der Waals surface area contributed by atoms with Gasteiger partial charge in [-0.1, -0.05) is 6.92 Å². The first-order valence-electron chi connectivity index (χ1n) is 5.91. The van der Waals surface area contributed by atoms with Crippen LogP contribution in [0.5, 0.6) is 11.6 Å². The summed E-state index contributed by atoms with van der Waals surface area (Å²) in [4.78, 5) is 8.38. The van der Waals surface area contributed by atoms with Crippen molar-refractivity contribution in [2.75, 3.05) is 5.43 Å². The Hall–Kier alpha value is -2.21. The molecule has 100 valence electrons. The number of rotatable bonds is 4. The van der Waals surface area contributed by atoms with E-state index < -0.39 is 0 Å². The molecule has 1 heterocycles. The van der Waals surface area contributed by atoms with Crippen LogP contribution in [0.3, 0.4) is 0 Å². The molecule has 0 unspecified atom stereocenters. The van der Waals surface area contributed by atoms with E-state index in [1.165, 1.54) is 6.07 Å². The number of aromatic nitrogens is 2. The summed E-state index contributed by atoms with van der Waals surface area (Å²) in [7, 11) is 0. The number of halogens is 1. The van der Waals surface area contributed by atoms with Crippen LogP contribution in [0.25, 0.3) is 0 Å². The molecule has 0 saturated heterocycles. The van der Waals surface area contributed by atoms with Crippen LogP contribution >= 0.6 is 0 Å². The molecule has 0 spiro atoms. The molecule has 2 rings (SSSR count). The van der Waals surface area contributed by atoms with Gasteiger partial charge in [-0.3, -0.25) is 0 Å². The van der Waals surface area contributed by atoms with Crippen LogP contribution in [-0.4, -0.2) is 9.97 Å². The second-order valence-corrected chi connectivity index (χ2v) is 4.02. The fourth-order valence-corrected chi connectivity index (χ4v) is 1.56. The van der Waals surface area contributed by atoms with Gasteiger partial charge in [0.1, 0.15) is 23.2 Å². The van der Waals surface area contributed by atoms with Gasteiger partial charge in [0, 0.05) is 12.5 Å². The van der Waals surface area contributed by atoms with Gasteiger partial charge in [-0.2, -0.15) is 4.98 Å². The summed E-state index contributed by atoms with van der Waals surface area (Å²) >= 11 is 0. The molecule has 2 aromatic rings. The van der Waals surface area contributed by atoms with Crippen LogP contribution in [0.1, 0.15) is 18.3 Å². The first kappa shape index (κ1) is 13.2. The van der Waals surface area contributed by atoms with Crippen LogP contribution in [0.4, 0.5) is 10.2 Å². The van der Waals surface area contributed by atoms with Crippen LogP contribution in [0.2, 0.25) is 0 Å². The predicted molar refractivity (Wildman–Crippen MR) is 70.4 cm³/mol. The molecule has 3 N–H and O–H groups in total. The van der Waals surface area contributed by atoms with E-state index in [1.54, 1.807) is 25.1 Å². The highest BCUT2D eigenvalue weighted by atomic mass is 19.1. The third-order valence-electron chi connectivity index (χ3n) is 2.56. The fourth-order valence-electron chi connectivity index (χ4n) is 1.56. The molecular weight excluding hydrogens is 247 g/mol. The van der Waals surface area contributed by atoms with E-state index in [0.717, 1.165) is 0 Å². The quantitative estimate of drug-likeness (QED) is 0.654. The number of nitrogens with one attached hydrogen (secondary N) is 1. The Labute approximate surface area is 110 Å². The van der Waals surface area contributed by atoms with Crippen molar-refractivity contribution in [3.63, 3.8) is 0 Å². The van der Waals surface area contributed by atoms with Gasteiger partial charge in [-0.05, 0) is 30.7 Å². The van der Waals surface area contributed by atoms with Crippen LogP contribution in [-0.2, 0) is 6.42 Å². The number of hydrogen-bond donors (Lipinski definition) is 2. The molecule has 0 aliphatic carbocycles. The molecule has 0 fully saturated rings. The molecule has 5 nitrogen and oxygen atoms in total. The van der Waals surface area contributed by atoms with Gasteiger partial charge >= 0.3 is 0 Å². The normalized spacial score (nSPS) is 10.3. The van der Waals surface area contributed by atoms with E-state index in [-0.39, 0.29) is 5.82 Å². The number of nitrogens with two attached hydrogens (primary N) is 1. The zero-order valence-electron chi connectivity index (χ0n) is 10.8. The molecule has 1 aromatic heterocycles. The van der Waals surface area contributed by atoms with E-state index in [9.17, 15) is 4.39 Å². The highest BCUT2D eigenvalue weighted by Crippen LogP contribution is 2.23. The lowest BCUT2D eigenvalue weighted by Crippen LogP contribution is -2.10. The highest BCUT2D eigenvalue weighted by Gasteiger charge is 2.06. The van der Waals surface area contributed by atoms with Gasteiger partial charge in [-0.25, -0.2) is 15.2 Å². The summed E-state index contributed by atoms with van der Waals surface area (Å²) in [6.45, 7) is 3.61. The predicted octanol–water partition coefficient (Wildman–Crippen LogP) is 2.56. The summed E-state index contributed by atoms with van der Waals surface area (Å²) in [5, 5.41) is 0. The minimum Gasteiger partial charge on any atom is -0.439 e. The standard InChI is InChI=1S/C13H15FN4O/c1-3-11-16-12(18-15)7-13(17-11)19-9-4-5-10(14)8(2)6-9/h4-7H,3,15H2,1-2H3,(H,16,17,18). The summed E-state index contributed by atoms with van der Waals surface area (Å²) in [6.07, 6.45) is 0.661. The second kappa shape index (κ2) is 5.62. The summed E-state index contributed by atoms with van der Waals surface area (Å²) in [5.41, 5.74) is 2.97. The molecule has 0 bridgehead atoms. The molecule has 0 radical (unpaired) electrons. The number of anilines is 1. The molecular formula is C13H15FN4O. The van der Waals surface area contributed by atoms with Crippen molar-refractivity contribution in [3.8, 4) is 11.6 Å². The molecule has 19 heavy (non-hydrogen) atoms. The van der Waals surface area contributed by atoms with Gasteiger partial charge in [-0.15, -0.1) is 0 Å². The molecule has 0 saturated carbocycles. The average molecular weight is 262 g/mol. The Morgan fingerprint density at radius 3 is 2.74 bits per heavy atom. The molecule has 0 amide bonds. The lowest BCUT2D eigenvalue weighted by molar-refractivity contribution is 0.457. The summed E-state index contributed by atoms with van der Waals surface area (Å²) in [6, 6.07) is 6.09. The number of hydrazine groups is 1. The van der Waals surface area contributed by atoms with Gasteiger partial charge in [0.15, 0.2) is 0 Å². The van der Waals surface area contributed by atoms with Crippen LogP contribution in [0, 0.1) is 12.7 Å². The van der Waals surface area contributed by atoms with Crippen molar-refractivity contribution >= 4 is 5.82 Å².